The van der Waals surface area contributed by atoms with Crippen LogP contribution in [0.1, 0.15) is 21.4 Å². The molecule has 0 radical (unpaired) electrons. The van der Waals surface area contributed by atoms with Crippen LogP contribution < -0.4 is 20.1 Å². The van der Waals surface area contributed by atoms with Crippen LogP contribution in [0.3, 0.4) is 0 Å². The lowest BCUT2D eigenvalue weighted by Gasteiger charge is -2.28. The number of carbonyl (C=O) groups is 1. The maximum Gasteiger partial charge on any atom is 0.267 e. The Balaban J connectivity index is 1.82. The minimum atomic E-state index is -0.490. The number of hydrogen-bond donors (Lipinski definition) is 2. The zero-order valence-corrected chi connectivity index (χ0v) is 18.2. The van der Waals surface area contributed by atoms with E-state index in [1.54, 1.807) is 20.3 Å². The van der Waals surface area contributed by atoms with Gasteiger partial charge < -0.3 is 20.1 Å². The van der Waals surface area contributed by atoms with Crippen molar-refractivity contribution in [3.8, 4) is 17.2 Å². The van der Waals surface area contributed by atoms with Crippen LogP contribution in [0.2, 0.25) is 0 Å². The number of methoxy groups -OCH3 is 2. The summed E-state index contributed by atoms with van der Waals surface area (Å²) in [5.41, 5.74) is 1.67. The highest BCUT2D eigenvalue weighted by Crippen LogP contribution is 2.39. The van der Waals surface area contributed by atoms with Crippen LogP contribution in [0.25, 0.3) is 5.69 Å². The van der Waals surface area contributed by atoms with Gasteiger partial charge in [-0.15, -0.1) is 0 Å². The highest BCUT2D eigenvalue weighted by Gasteiger charge is 2.31. The lowest BCUT2D eigenvalue weighted by molar-refractivity contribution is 0.0939. The summed E-state index contributed by atoms with van der Waals surface area (Å²) in [5, 5.41) is 6.38. The molecule has 0 fully saturated rings. The first kappa shape index (κ1) is 19.0. The van der Waals surface area contributed by atoms with Crippen LogP contribution in [0.4, 0.5) is 5.82 Å². The number of thiazole rings is 1. The second-order valence-corrected chi connectivity index (χ2v) is 8.49. The van der Waals surface area contributed by atoms with Crippen molar-refractivity contribution in [3.63, 3.8) is 0 Å². The Morgan fingerprint density at radius 1 is 1.11 bits per heavy atom. The molecule has 1 atom stereocenters. The van der Waals surface area contributed by atoms with Gasteiger partial charge in [0.15, 0.2) is 3.95 Å². The number of nitrogens with zero attached hydrogens (tertiary/aromatic N) is 1. The van der Waals surface area contributed by atoms with Crippen molar-refractivity contribution in [2.24, 2.45) is 0 Å². The van der Waals surface area contributed by atoms with Crippen molar-refractivity contribution in [1.29, 1.82) is 0 Å². The molecule has 4 rings (SSSR count). The molecule has 144 valence electrons. The molecule has 3 aromatic rings. The van der Waals surface area contributed by atoms with E-state index >= 15 is 0 Å². The standard InChI is InChI=1S/C19H16BrN3O3S2/c1-25-13-9-14(26-2)12(20)8-11(13)16-21-17-15(18(24)22-16)28-19(27)23(17)10-6-4-3-5-7-10/h3-9,16,21H,1-2H3,(H,22,24)/t16-/m0/s1. The summed E-state index contributed by atoms with van der Waals surface area (Å²) in [6.45, 7) is 0. The first-order valence-electron chi connectivity index (χ1n) is 8.33. The summed E-state index contributed by atoms with van der Waals surface area (Å²) in [7, 11) is 3.17. The fourth-order valence-corrected chi connectivity index (χ4v) is 4.93. The molecule has 1 aliphatic rings. The summed E-state index contributed by atoms with van der Waals surface area (Å²) in [6.07, 6.45) is -0.490. The molecule has 1 aliphatic heterocycles. The van der Waals surface area contributed by atoms with Gasteiger partial charge in [0.05, 0.1) is 18.7 Å². The molecule has 2 N–H and O–H groups in total. The number of ether oxygens (including phenoxy) is 2. The molecule has 0 aliphatic carbocycles. The van der Waals surface area contributed by atoms with Crippen LogP contribution in [-0.4, -0.2) is 24.7 Å². The SMILES string of the molecule is COc1cc(OC)c([C@@H]2NC(=O)c3sc(=S)n(-c4ccccc4)c3N2)cc1Br. The fourth-order valence-electron chi connectivity index (χ4n) is 3.10. The van der Waals surface area contributed by atoms with E-state index in [2.05, 4.69) is 26.6 Å². The lowest BCUT2D eigenvalue weighted by atomic mass is 10.1. The quantitative estimate of drug-likeness (QED) is 0.523. The molecule has 0 unspecified atom stereocenters. The van der Waals surface area contributed by atoms with Gasteiger partial charge in [-0.1, -0.05) is 29.5 Å². The van der Waals surface area contributed by atoms with Crippen molar-refractivity contribution in [3.05, 3.63) is 61.3 Å². The number of halogens is 1. The van der Waals surface area contributed by atoms with Crippen molar-refractivity contribution >= 4 is 51.2 Å². The van der Waals surface area contributed by atoms with Crippen molar-refractivity contribution in [1.82, 2.24) is 9.88 Å². The highest BCUT2D eigenvalue weighted by atomic mass is 79.9. The zero-order valence-electron chi connectivity index (χ0n) is 15.0. The minimum absolute atomic E-state index is 0.182. The number of hydrogen-bond acceptors (Lipinski definition) is 6. The number of aromatic nitrogens is 1. The third kappa shape index (κ3) is 3.19. The molecular weight excluding hydrogens is 462 g/mol. The van der Waals surface area contributed by atoms with E-state index < -0.39 is 6.17 Å². The Kier molecular flexibility index (Phi) is 5.13. The van der Waals surface area contributed by atoms with Crippen LogP contribution in [0.15, 0.2) is 46.9 Å². The van der Waals surface area contributed by atoms with Crippen molar-refractivity contribution in [2.45, 2.75) is 6.17 Å². The molecule has 28 heavy (non-hydrogen) atoms. The Bertz CT molecular complexity index is 1110. The third-order valence-electron chi connectivity index (χ3n) is 4.40. The predicted octanol–water partition coefficient (Wildman–Crippen LogP) is 4.90. The minimum Gasteiger partial charge on any atom is -0.496 e. The van der Waals surface area contributed by atoms with E-state index in [0.29, 0.717) is 26.1 Å². The summed E-state index contributed by atoms with van der Waals surface area (Å²) in [4.78, 5) is 13.3. The van der Waals surface area contributed by atoms with Crippen LogP contribution in [0.5, 0.6) is 11.5 Å². The topological polar surface area (TPSA) is 64.5 Å². The average molecular weight is 478 g/mol. The highest BCUT2D eigenvalue weighted by molar-refractivity contribution is 9.10. The molecule has 0 saturated heterocycles. The fraction of sp³-hybridized carbons (Fsp3) is 0.158. The van der Waals surface area contributed by atoms with E-state index in [-0.39, 0.29) is 5.91 Å². The lowest BCUT2D eigenvalue weighted by Crippen LogP contribution is -2.38. The smallest absolute Gasteiger partial charge is 0.267 e. The maximum atomic E-state index is 12.8. The van der Waals surface area contributed by atoms with E-state index in [1.807, 2.05) is 41.0 Å². The third-order valence-corrected chi connectivity index (χ3v) is 6.40. The van der Waals surface area contributed by atoms with E-state index in [9.17, 15) is 4.79 Å². The van der Waals surface area contributed by atoms with Gasteiger partial charge >= 0.3 is 0 Å². The number of carbonyl (C=O) groups excluding carboxylic acids is 1. The maximum absolute atomic E-state index is 12.8. The molecule has 9 heteroatoms. The number of para-hydroxylation sites is 1. The van der Waals surface area contributed by atoms with Gasteiger partial charge in [-0.05, 0) is 46.3 Å². The number of amides is 1. The van der Waals surface area contributed by atoms with Gasteiger partial charge in [0.2, 0.25) is 0 Å². The average Bonchev–Trinajstić information content (AvgIpc) is 3.05. The molecular formula is C19H16BrN3O3S2. The summed E-state index contributed by atoms with van der Waals surface area (Å²) in [5.74, 6) is 1.73. The van der Waals surface area contributed by atoms with Crippen molar-refractivity contribution < 1.29 is 14.3 Å². The molecule has 0 spiro atoms. The van der Waals surface area contributed by atoms with Gasteiger partial charge in [0.1, 0.15) is 28.4 Å². The van der Waals surface area contributed by atoms with E-state index in [4.69, 9.17) is 21.7 Å². The van der Waals surface area contributed by atoms with Crippen LogP contribution in [0, 0.1) is 3.95 Å². The first-order valence-corrected chi connectivity index (χ1v) is 10.4. The van der Waals surface area contributed by atoms with Gasteiger partial charge in [-0.3, -0.25) is 9.36 Å². The van der Waals surface area contributed by atoms with Gasteiger partial charge in [-0.25, -0.2) is 0 Å². The molecule has 2 heterocycles. The Hall–Kier alpha value is -2.36. The summed E-state index contributed by atoms with van der Waals surface area (Å²) in [6, 6.07) is 13.4. The second-order valence-electron chi connectivity index (χ2n) is 6.00. The van der Waals surface area contributed by atoms with E-state index in [1.165, 1.54) is 11.3 Å². The largest absolute Gasteiger partial charge is 0.496 e. The summed E-state index contributed by atoms with van der Waals surface area (Å²) >= 11 is 10.3. The monoisotopic (exact) mass is 477 g/mol. The number of rotatable bonds is 4. The van der Waals surface area contributed by atoms with Crippen molar-refractivity contribution in [2.75, 3.05) is 19.5 Å². The molecule has 2 aromatic carbocycles. The molecule has 1 aromatic heterocycles. The predicted molar refractivity (Wildman–Crippen MR) is 116 cm³/mol. The van der Waals surface area contributed by atoms with Gasteiger partial charge in [0, 0.05) is 17.3 Å². The van der Waals surface area contributed by atoms with Crippen LogP contribution in [-0.2, 0) is 0 Å². The van der Waals surface area contributed by atoms with E-state index in [0.717, 1.165) is 15.7 Å². The normalized spacial score (nSPS) is 15.4. The number of anilines is 1. The first-order chi connectivity index (χ1) is 13.5. The van der Waals surface area contributed by atoms with Crippen LogP contribution >= 0.6 is 39.5 Å². The molecule has 1 amide bonds. The molecule has 0 saturated carbocycles. The zero-order chi connectivity index (χ0) is 19.8. The number of nitrogens with one attached hydrogen (secondary N) is 2. The number of fused-ring (bicyclic) bond motifs is 1. The Morgan fingerprint density at radius 3 is 2.50 bits per heavy atom. The van der Waals surface area contributed by atoms with Gasteiger partial charge in [0.25, 0.3) is 5.91 Å². The summed E-state index contributed by atoms with van der Waals surface area (Å²) < 4.78 is 14.1. The molecule has 6 nitrogen and oxygen atoms in total. The Labute approximate surface area is 179 Å². The second kappa shape index (κ2) is 7.57. The van der Waals surface area contributed by atoms with Gasteiger partial charge in [-0.2, -0.15) is 0 Å². The Morgan fingerprint density at radius 2 is 1.82 bits per heavy atom. The number of benzene rings is 2. The molecule has 0 bridgehead atoms.